The first-order valence-corrected chi connectivity index (χ1v) is 6.34. The van der Waals surface area contributed by atoms with E-state index >= 15 is 0 Å². The van der Waals surface area contributed by atoms with Gasteiger partial charge in [-0.1, -0.05) is 50.6 Å². The number of hydrogen-bond acceptors (Lipinski definition) is 1. The van der Waals surface area contributed by atoms with Crippen molar-refractivity contribution in [2.75, 3.05) is 0 Å². The molecule has 0 heterocycles. The summed E-state index contributed by atoms with van der Waals surface area (Å²) in [6.45, 7) is 9.02. The van der Waals surface area contributed by atoms with Crippen molar-refractivity contribution in [1.82, 2.24) is 0 Å². The Hall–Kier alpha value is -0.820. The Bertz CT molecular complexity index is 316. The van der Waals surface area contributed by atoms with Crippen LogP contribution < -0.4 is 5.73 Å². The molecule has 2 N–H and O–H groups in total. The van der Waals surface area contributed by atoms with Crippen molar-refractivity contribution < 1.29 is 0 Å². The Balaban J connectivity index is 3.07. The second-order valence-electron chi connectivity index (χ2n) is 5.08. The molecule has 0 radical (unpaired) electrons. The Labute approximate surface area is 100 Å². The van der Waals surface area contributed by atoms with Crippen LogP contribution in [0.3, 0.4) is 0 Å². The molecule has 0 saturated carbocycles. The predicted octanol–water partition coefficient (Wildman–Crippen LogP) is 3.97. The lowest BCUT2D eigenvalue weighted by atomic mass is 9.76. The lowest BCUT2D eigenvalue weighted by Gasteiger charge is -2.29. The second-order valence-corrected chi connectivity index (χ2v) is 5.08. The van der Waals surface area contributed by atoms with Crippen molar-refractivity contribution in [3.8, 4) is 0 Å². The summed E-state index contributed by atoms with van der Waals surface area (Å²) in [5.41, 5.74) is 8.99. The molecule has 1 unspecified atom stereocenters. The number of nitrogens with two attached hydrogens (primary N) is 1. The van der Waals surface area contributed by atoms with E-state index in [9.17, 15) is 0 Å². The molecule has 0 aromatic heterocycles. The van der Waals surface area contributed by atoms with Crippen molar-refractivity contribution >= 4 is 0 Å². The molecule has 1 atom stereocenters. The molecule has 90 valence electrons. The predicted molar refractivity (Wildman–Crippen MR) is 72.3 cm³/mol. The molecule has 1 aliphatic rings. The van der Waals surface area contributed by atoms with Crippen LogP contribution in [-0.2, 0) is 0 Å². The Morgan fingerprint density at radius 3 is 2.56 bits per heavy atom. The molecule has 0 bridgehead atoms. The van der Waals surface area contributed by atoms with Crippen LogP contribution in [0.25, 0.3) is 0 Å². The topological polar surface area (TPSA) is 26.0 Å². The third kappa shape index (κ3) is 3.08. The second kappa shape index (κ2) is 5.49. The fourth-order valence-electron chi connectivity index (χ4n) is 2.13. The van der Waals surface area contributed by atoms with Gasteiger partial charge < -0.3 is 5.73 Å². The summed E-state index contributed by atoms with van der Waals surface area (Å²) in [6, 6.07) is 0.170. The van der Waals surface area contributed by atoms with Gasteiger partial charge in [-0.2, -0.15) is 0 Å². The molecule has 0 amide bonds. The van der Waals surface area contributed by atoms with Gasteiger partial charge in [0, 0.05) is 6.04 Å². The van der Waals surface area contributed by atoms with Gasteiger partial charge in [-0.3, -0.25) is 0 Å². The molecule has 16 heavy (non-hydrogen) atoms. The minimum absolute atomic E-state index is 0.170. The Morgan fingerprint density at radius 2 is 2.00 bits per heavy atom. The van der Waals surface area contributed by atoms with Crippen molar-refractivity contribution in [3.63, 3.8) is 0 Å². The van der Waals surface area contributed by atoms with Crippen LogP contribution in [0.1, 0.15) is 47.0 Å². The maximum absolute atomic E-state index is 5.96. The van der Waals surface area contributed by atoms with E-state index < -0.39 is 0 Å². The lowest BCUT2D eigenvalue weighted by Crippen LogP contribution is -2.19. The standard InChI is InChI=1S/C15H25N/c1-5-15(4,6-2)13-8-7-9-14(16)11-12(3)10-13/h7-8,10-11,14H,5-6,9,16H2,1-4H3. The highest BCUT2D eigenvalue weighted by Gasteiger charge is 2.23. The van der Waals surface area contributed by atoms with Crippen molar-refractivity contribution in [2.45, 2.75) is 53.0 Å². The summed E-state index contributed by atoms with van der Waals surface area (Å²) in [6.07, 6.45) is 12.2. The summed E-state index contributed by atoms with van der Waals surface area (Å²) < 4.78 is 0. The first kappa shape index (κ1) is 13.2. The zero-order valence-electron chi connectivity index (χ0n) is 11.1. The number of allylic oxidation sites excluding steroid dienone is 4. The minimum Gasteiger partial charge on any atom is -0.324 e. The van der Waals surface area contributed by atoms with E-state index in [0.29, 0.717) is 5.41 Å². The molecule has 0 spiro atoms. The molecule has 0 saturated heterocycles. The van der Waals surface area contributed by atoms with Gasteiger partial charge in [0.25, 0.3) is 0 Å². The van der Waals surface area contributed by atoms with Crippen LogP contribution in [0.2, 0.25) is 0 Å². The van der Waals surface area contributed by atoms with Crippen LogP contribution in [0, 0.1) is 5.41 Å². The van der Waals surface area contributed by atoms with Gasteiger partial charge in [0.05, 0.1) is 0 Å². The zero-order chi connectivity index (χ0) is 12.2. The van der Waals surface area contributed by atoms with Gasteiger partial charge in [0.1, 0.15) is 0 Å². The SMILES string of the molecule is CCC(C)(CC)C1=CC(C)=CC(N)CC=C1. The lowest BCUT2D eigenvalue weighted by molar-refractivity contribution is 0.376. The van der Waals surface area contributed by atoms with Crippen LogP contribution >= 0.6 is 0 Å². The van der Waals surface area contributed by atoms with E-state index in [1.165, 1.54) is 24.0 Å². The molecule has 1 aliphatic carbocycles. The molecule has 1 nitrogen and oxygen atoms in total. The third-order valence-electron chi connectivity index (χ3n) is 3.82. The fraction of sp³-hybridized carbons (Fsp3) is 0.600. The zero-order valence-corrected chi connectivity index (χ0v) is 11.1. The number of hydrogen-bond donors (Lipinski definition) is 1. The third-order valence-corrected chi connectivity index (χ3v) is 3.82. The first-order chi connectivity index (χ1) is 7.51. The van der Waals surface area contributed by atoms with Crippen LogP contribution in [0.5, 0.6) is 0 Å². The van der Waals surface area contributed by atoms with Gasteiger partial charge in [-0.15, -0.1) is 0 Å². The smallest absolute Gasteiger partial charge is 0.0264 e. The van der Waals surface area contributed by atoms with Gasteiger partial charge in [-0.05, 0) is 37.2 Å². The Kier molecular flexibility index (Phi) is 4.55. The fourth-order valence-corrected chi connectivity index (χ4v) is 2.13. The van der Waals surface area contributed by atoms with Crippen molar-refractivity contribution in [2.24, 2.45) is 11.1 Å². The highest BCUT2D eigenvalue weighted by Crippen LogP contribution is 2.36. The molecule has 0 aromatic rings. The monoisotopic (exact) mass is 219 g/mol. The van der Waals surface area contributed by atoms with E-state index in [1.54, 1.807) is 0 Å². The molecular formula is C15H25N. The summed E-state index contributed by atoms with van der Waals surface area (Å²) in [5, 5.41) is 0. The average molecular weight is 219 g/mol. The summed E-state index contributed by atoms with van der Waals surface area (Å²) in [5.74, 6) is 0. The van der Waals surface area contributed by atoms with E-state index in [4.69, 9.17) is 5.73 Å². The molecule has 0 aromatic carbocycles. The Morgan fingerprint density at radius 1 is 1.38 bits per heavy atom. The highest BCUT2D eigenvalue weighted by molar-refractivity contribution is 5.36. The van der Waals surface area contributed by atoms with Crippen LogP contribution in [0.15, 0.2) is 35.5 Å². The normalized spacial score (nSPS) is 22.2. The van der Waals surface area contributed by atoms with Gasteiger partial charge in [-0.25, -0.2) is 0 Å². The number of rotatable bonds is 3. The van der Waals surface area contributed by atoms with E-state index in [0.717, 1.165) is 6.42 Å². The summed E-state index contributed by atoms with van der Waals surface area (Å²) in [7, 11) is 0. The molecule has 0 fully saturated rings. The molecule has 1 heteroatoms. The van der Waals surface area contributed by atoms with Crippen molar-refractivity contribution in [1.29, 1.82) is 0 Å². The molecule has 1 rings (SSSR count). The van der Waals surface area contributed by atoms with E-state index in [-0.39, 0.29) is 6.04 Å². The maximum Gasteiger partial charge on any atom is 0.0264 e. The average Bonchev–Trinajstić information content (AvgIpc) is 2.24. The summed E-state index contributed by atoms with van der Waals surface area (Å²) >= 11 is 0. The highest BCUT2D eigenvalue weighted by atomic mass is 14.6. The molecular weight excluding hydrogens is 194 g/mol. The van der Waals surface area contributed by atoms with Crippen LogP contribution in [0.4, 0.5) is 0 Å². The van der Waals surface area contributed by atoms with Crippen molar-refractivity contribution in [3.05, 3.63) is 35.5 Å². The van der Waals surface area contributed by atoms with Gasteiger partial charge >= 0.3 is 0 Å². The van der Waals surface area contributed by atoms with E-state index in [2.05, 4.69) is 52.0 Å². The summed E-state index contributed by atoms with van der Waals surface area (Å²) in [4.78, 5) is 0. The minimum atomic E-state index is 0.170. The molecule has 0 aliphatic heterocycles. The van der Waals surface area contributed by atoms with Gasteiger partial charge in [0.15, 0.2) is 0 Å². The first-order valence-electron chi connectivity index (χ1n) is 6.34. The van der Waals surface area contributed by atoms with Gasteiger partial charge in [0.2, 0.25) is 0 Å². The maximum atomic E-state index is 5.96. The van der Waals surface area contributed by atoms with Crippen LogP contribution in [-0.4, -0.2) is 6.04 Å². The largest absolute Gasteiger partial charge is 0.324 e. The quantitative estimate of drug-likeness (QED) is 0.763. The van der Waals surface area contributed by atoms with E-state index in [1.807, 2.05) is 0 Å².